The fourth-order valence-corrected chi connectivity index (χ4v) is 3.41. The third-order valence-corrected chi connectivity index (χ3v) is 11.9. The van der Waals surface area contributed by atoms with E-state index in [1.807, 2.05) is 0 Å². The first-order valence-corrected chi connectivity index (χ1v) is 9.47. The van der Waals surface area contributed by atoms with Crippen LogP contribution in [0.3, 0.4) is 0 Å². The van der Waals surface area contributed by atoms with Crippen molar-refractivity contribution in [2.24, 2.45) is 0 Å². The molecule has 0 amide bonds. The molecule has 0 aromatic heterocycles. The van der Waals surface area contributed by atoms with Crippen LogP contribution in [0, 0.1) is 0 Å². The van der Waals surface area contributed by atoms with Crippen LogP contribution in [0.25, 0.3) is 0 Å². The monoisotopic (exact) mass is 416 g/mol. The Morgan fingerprint density at radius 2 is 2.12 bits per heavy atom. The molecule has 0 aliphatic carbocycles. The molecule has 0 bridgehead atoms. The summed E-state index contributed by atoms with van der Waals surface area (Å²) < 4.78 is 0.737. The van der Waals surface area contributed by atoms with E-state index in [-0.39, 0.29) is 0 Å². The summed E-state index contributed by atoms with van der Waals surface area (Å²) in [5, 5.41) is 2.23. The molecule has 0 saturated carbocycles. The van der Waals surface area contributed by atoms with Gasteiger partial charge in [-0.15, -0.1) is 0 Å². The third kappa shape index (κ3) is 1.63. The van der Waals surface area contributed by atoms with Gasteiger partial charge in [0, 0.05) is 0 Å². The summed E-state index contributed by atoms with van der Waals surface area (Å²) in [5.74, 6) is 0. The maximum Gasteiger partial charge on any atom is 0.0542 e. The first kappa shape index (κ1) is 7.87. The highest BCUT2D eigenvalue weighted by atomic mass is 127. The van der Waals surface area contributed by atoms with Crippen LogP contribution >= 0.6 is 62.7 Å². The van der Waals surface area contributed by atoms with Gasteiger partial charge in [-0.05, 0) is 69.8 Å². The van der Waals surface area contributed by atoms with Crippen LogP contribution in [0.4, 0.5) is 0 Å². The number of halogens is 3. The average Bonchev–Trinajstić information content (AvgIpc) is 1.86. The Balaban J connectivity index is 2.87. The van der Waals surface area contributed by atoms with Crippen molar-refractivity contribution in [3.05, 3.63) is 21.4 Å². The van der Waals surface area contributed by atoms with Crippen molar-refractivity contribution in [3.63, 3.8) is 0 Å². The zero-order valence-corrected chi connectivity index (χ0v) is 10.5. The van der Waals surface area contributed by atoms with Crippen molar-refractivity contribution in [2.75, 3.05) is 0 Å². The lowest BCUT2D eigenvalue weighted by Gasteiger charge is -2.15. The Bertz CT molecular complexity index is 161. The van der Waals surface area contributed by atoms with Gasteiger partial charge in [-0.2, -0.15) is 0 Å². The van der Waals surface area contributed by atoms with Crippen LogP contribution in [-0.2, 0) is 0 Å². The van der Waals surface area contributed by atoms with E-state index in [0.29, 0.717) is 0 Å². The van der Waals surface area contributed by atoms with E-state index in [4.69, 9.17) is 0 Å². The number of hydrogen-bond acceptors (Lipinski definition) is 0. The summed E-state index contributed by atoms with van der Waals surface area (Å²) >= 11 is 8.40. The molecule has 0 aromatic rings. The van der Waals surface area contributed by atoms with Gasteiger partial charge in [0.15, 0.2) is 0 Å². The second-order valence-electron chi connectivity index (χ2n) is 1.31. The van der Waals surface area contributed by atoms with E-state index < -0.39 is 4.37 Å². The molecule has 0 N–H and O–H groups in total. The van der Waals surface area contributed by atoms with Crippen molar-refractivity contribution >= 4 is 62.7 Å². The molecule has 1 rings (SSSR count). The lowest BCUT2D eigenvalue weighted by molar-refractivity contribution is 2.13. The van der Waals surface area contributed by atoms with Crippen molar-refractivity contribution in [1.82, 2.24) is 0 Å². The quantitative estimate of drug-likeness (QED) is 0.518. The highest BCUT2D eigenvalue weighted by Gasteiger charge is 2.18. The Morgan fingerprint density at radius 1 is 1.50 bits per heavy atom. The Kier molecular flexibility index (Phi) is 2.75. The van der Waals surface area contributed by atoms with Crippen molar-refractivity contribution in [1.29, 1.82) is 0 Å². The molecule has 1 heterocycles. The minimum Gasteiger partial charge on any atom is -0.0782 e. The van der Waals surface area contributed by atoms with Crippen molar-refractivity contribution in [3.8, 4) is 0 Å². The normalized spacial score (nSPS) is 27.6. The number of hydrogen-bond donors (Lipinski definition) is 0. The zero-order valence-electron chi connectivity index (χ0n) is 3.77. The fraction of sp³-hybridized carbons (Fsp3) is 0. The average molecular weight is 417 g/mol. The van der Waals surface area contributed by atoms with Gasteiger partial charge in [-0.25, -0.2) is 0 Å². The number of allylic oxidation sites excluding steroid dienone is 2. The summed E-state index contributed by atoms with van der Waals surface area (Å²) in [6.45, 7) is 0. The van der Waals surface area contributed by atoms with Crippen LogP contribution in [0.2, 0.25) is 0 Å². The van der Waals surface area contributed by atoms with Gasteiger partial charge in [-0.3, -0.25) is 0 Å². The molecule has 0 saturated heterocycles. The standard InChI is InChI=1S/C4H3BrI2S/c5-4-2-1-3-8(4,6)7/h1-3H. The third-order valence-electron chi connectivity index (χ3n) is 0.737. The second-order valence-corrected chi connectivity index (χ2v) is 17.8. The van der Waals surface area contributed by atoms with Gasteiger partial charge < -0.3 is 0 Å². The topological polar surface area (TPSA) is 0 Å². The maximum absolute atomic E-state index is 3.48. The van der Waals surface area contributed by atoms with Crippen molar-refractivity contribution in [2.45, 2.75) is 0 Å². The molecule has 0 atom stereocenters. The van der Waals surface area contributed by atoms with E-state index >= 15 is 0 Å². The van der Waals surface area contributed by atoms with E-state index in [1.165, 1.54) is 3.81 Å². The molecule has 46 valence electrons. The lowest BCUT2D eigenvalue weighted by atomic mass is 10.6. The first-order chi connectivity index (χ1) is 3.63. The molecule has 0 aromatic carbocycles. The first-order valence-electron chi connectivity index (χ1n) is 1.89. The van der Waals surface area contributed by atoms with Gasteiger partial charge in [-0.1, -0.05) is 10.4 Å². The Hall–Kier alpha value is 1.77. The predicted molar refractivity (Wildman–Crippen MR) is 61.8 cm³/mol. The summed E-state index contributed by atoms with van der Waals surface area (Å²) in [5.41, 5.74) is 0. The van der Waals surface area contributed by atoms with Crippen LogP contribution in [-0.4, -0.2) is 0 Å². The van der Waals surface area contributed by atoms with E-state index in [2.05, 4.69) is 75.9 Å². The highest BCUT2D eigenvalue weighted by Crippen LogP contribution is 2.74. The zero-order chi connectivity index (χ0) is 6.20. The molecule has 1 aliphatic heterocycles. The maximum atomic E-state index is 3.48. The summed E-state index contributed by atoms with van der Waals surface area (Å²) in [7, 11) is 0. The molecular weight excluding hydrogens is 414 g/mol. The molecule has 0 spiro atoms. The fourth-order valence-electron chi connectivity index (χ4n) is 0.369. The smallest absolute Gasteiger partial charge is 0.0542 e. The van der Waals surface area contributed by atoms with Crippen LogP contribution < -0.4 is 0 Å². The Morgan fingerprint density at radius 3 is 2.25 bits per heavy atom. The van der Waals surface area contributed by atoms with Crippen molar-refractivity contribution < 1.29 is 0 Å². The van der Waals surface area contributed by atoms with E-state index in [9.17, 15) is 0 Å². The van der Waals surface area contributed by atoms with E-state index in [1.54, 1.807) is 0 Å². The largest absolute Gasteiger partial charge is 0.0782 e. The predicted octanol–water partition coefficient (Wildman–Crippen LogP) is 4.25. The summed E-state index contributed by atoms with van der Waals surface area (Å²) in [4.78, 5) is 0. The molecular formula is C4H3BrI2S. The molecule has 8 heavy (non-hydrogen) atoms. The number of rotatable bonds is 0. The van der Waals surface area contributed by atoms with Crippen LogP contribution in [0.1, 0.15) is 0 Å². The van der Waals surface area contributed by atoms with Gasteiger partial charge >= 0.3 is 0 Å². The SMILES string of the molecule is BrC1=CC=CS1(I)I. The Labute approximate surface area is 82.8 Å². The molecule has 1 aliphatic rings. The highest BCUT2D eigenvalue weighted by molar-refractivity contribution is 14.3. The second kappa shape index (κ2) is 2.79. The van der Waals surface area contributed by atoms with E-state index in [0.717, 1.165) is 0 Å². The van der Waals surface area contributed by atoms with Gasteiger partial charge in [0.1, 0.15) is 0 Å². The summed E-state index contributed by atoms with van der Waals surface area (Å²) in [6.07, 6.45) is 4.20. The van der Waals surface area contributed by atoms with Gasteiger partial charge in [0.05, 0.1) is 3.81 Å². The minimum absolute atomic E-state index is 0.588. The lowest BCUT2D eigenvalue weighted by Crippen LogP contribution is -1.62. The molecule has 0 fully saturated rings. The molecule has 0 radical (unpaired) electrons. The van der Waals surface area contributed by atoms with Crippen LogP contribution in [0.15, 0.2) is 21.4 Å². The minimum atomic E-state index is -0.588. The summed E-state index contributed by atoms with van der Waals surface area (Å²) in [6, 6.07) is 0. The molecule has 0 unspecified atom stereocenters. The molecule has 0 nitrogen and oxygen atoms in total. The van der Waals surface area contributed by atoms with Gasteiger partial charge in [0.25, 0.3) is 0 Å². The van der Waals surface area contributed by atoms with Crippen LogP contribution in [0.5, 0.6) is 0 Å². The van der Waals surface area contributed by atoms with Gasteiger partial charge in [0.2, 0.25) is 0 Å². The molecule has 4 heteroatoms.